The highest BCUT2D eigenvalue weighted by Crippen LogP contribution is 2.16. The van der Waals surface area contributed by atoms with E-state index in [0.29, 0.717) is 5.69 Å². The van der Waals surface area contributed by atoms with Gasteiger partial charge in [0, 0.05) is 12.3 Å². The predicted octanol–water partition coefficient (Wildman–Crippen LogP) is 1.59. The minimum atomic E-state index is -0.555. The van der Waals surface area contributed by atoms with Crippen LogP contribution in [-0.4, -0.2) is 34.9 Å². The number of hydrogen-bond acceptors (Lipinski definition) is 6. The molecule has 0 aliphatic rings. The van der Waals surface area contributed by atoms with Gasteiger partial charge in [-0.3, -0.25) is 4.79 Å². The fourth-order valence-corrected chi connectivity index (χ4v) is 1.91. The number of nitrogens with zero attached hydrogens (tertiary/aromatic N) is 2. The van der Waals surface area contributed by atoms with Crippen LogP contribution in [0.5, 0.6) is 0 Å². The summed E-state index contributed by atoms with van der Waals surface area (Å²) in [4.78, 5) is 35.1. The normalized spacial score (nSPS) is 10.2. The van der Waals surface area contributed by atoms with Crippen molar-refractivity contribution in [2.75, 3.05) is 13.2 Å². The zero-order chi connectivity index (χ0) is 16.8. The minimum Gasteiger partial charge on any atom is -0.462 e. The van der Waals surface area contributed by atoms with Crippen molar-refractivity contribution in [3.8, 4) is 5.69 Å². The van der Waals surface area contributed by atoms with Crippen LogP contribution in [0.1, 0.15) is 34.6 Å². The lowest BCUT2D eigenvalue weighted by atomic mass is 10.1. The highest BCUT2D eigenvalue weighted by Gasteiger charge is 2.15. The Hall–Kier alpha value is -2.96. The average molecular weight is 316 g/mol. The van der Waals surface area contributed by atoms with Gasteiger partial charge in [0.1, 0.15) is 0 Å². The lowest BCUT2D eigenvalue weighted by molar-refractivity contribution is 0.0525. The van der Waals surface area contributed by atoms with Crippen LogP contribution in [0.15, 0.2) is 41.5 Å². The Labute approximate surface area is 132 Å². The Morgan fingerprint density at radius 3 is 2.04 bits per heavy atom. The van der Waals surface area contributed by atoms with Crippen LogP contribution < -0.4 is 5.43 Å². The van der Waals surface area contributed by atoms with E-state index in [-0.39, 0.29) is 29.8 Å². The Morgan fingerprint density at radius 2 is 1.61 bits per heavy atom. The molecule has 0 aliphatic heterocycles. The molecule has 1 aromatic heterocycles. The third-order valence-electron chi connectivity index (χ3n) is 2.89. The van der Waals surface area contributed by atoms with E-state index >= 15 is 0 Å². The summed E-state index contributed by atoms with van der Waals surface area (Å²) in [7, 11) is 0. The summed E-state index contributed by atoms with van der Waals surface area (Å²) in [6, 6.07) is 5.78. The first-order valence-corrected chi connectivity index (χ1v) is 7.09. The molecule has 0 spiro atoms. The number of hydrogen-bond donors (Lipinski definition) is 0. The molecule has 0 unspecified atom stereocenters. The van der Waals surface area contributed by atoms with Crippen molar-refractivity contribution in [1.29, 1.82) is 0 Å². The number of benzene rings is 1. The van der Waals surface area contributed by atoms with Crippen LogP contribution >= 0.6 is 0 Å². The standard InChI is InChI=1S/C16H16N2O5/c1-3-22-15(20)11-7-12(16(21)23-4-2)9-13(8-11)18-6-5-14(19)10-17-18/h5-10H,3-4H2,1-2H3. The van der Waals surface area contributed by atoms with Crippen LogP contribution in [0.2, 0.25) is 0 Å². The summed E-state index contributed by atoms with van der Waals surface area (Å²) >= 11 is 0. The second-order valence-corrected chi connectivity index (χ2v) is 4.52. The zero-order valence-electron chi connectivity index (χ0n) is 12.8. The number of carbonyl (C=O) groups excluding carboxylic acids is 2. The van der Waals surface area contributed by atoms with E-state index < -0.39 is 11.9 Å². The van der Waals surface area contributed by atoms with Crippen molar-refractivity contribution in [3.63, 3.8) is 0 Å². The summed E-state index contributed by atoms with van der Waals surface area (Å²) in [5.41, 5.74) is 0.604. The lowest BCUT2D eigenvalue weighted by Crippen LogP contribution is -2.12. The zero-order valence-corrected chi connectivity index (χ0v) is 12.8. The fraction of sp³-hybridized carbons (Fsp3) is 0.250. The van der Waals surface area contributed by atoms with Gasteiger partial charge in [0.05, 0.1) is 36.2 Å². The molecule has 120 valence electrons. The molecule has 2 rings (SSSR count). The molecule has 0 amide bonds. The highest BCUT2D eigenvalue weighted by molar-refractivity contribution is 5.96. The molecule has 7 heteroatoms. The smallest absolute Gasteiger partial charge is 0.338 e. The quantitative estimate of drug-likeness (QED) is 0.778. The molecule has 0 atom stereocenters. The van der Waals surface area contributed by atoms with Crippen LogP contribution in [0, 0.1) is 0 Å². The lowest BCUT2D eigenvalue weighted by Gasteiger charge is -2.10. The maximum Gasteiger partial charge on any atom is 0.338 e. The summed E-state index contributed by atoms with van der Waals surface area (Å²) in [6.07, 6.45) is 2.59. The summed E-state index contributed by atoms with van der Waals surface area (Å²) in [5.74, 6) is -1.11. The van der Waals surface area contributed by atoms with Crippen LogP contribution in [0.25, 0.3) is 5.69 Å². The molecule has 1 heterocycles. The van der Waals surface area contributed by atoms with E-state index in [1.54, 1.807) is 13.8 Å². The monoisotopic (exact) mass is 316 g/mol. The van der Waals surface area contributed by atoms with E-state index in [9.17, 15) is 14.4 Å². The van der Waals surface area contributed by atoms with Crippen molar-refractivity contribution in [3.05, 3.63) is 58.0 Å². The van der Waals surface area contributed by atoms with Crippen molar-refractivity contribution in [2.24, 2.45) is 0 Å². The molecule has 1 aromatic carbocycles. The molecule has 23 heavy (non-hydrogen) atoms. The summed E-state index contributed by atoms with van der Waals surface area (Å²) in [6.45, 7) is 3.82. The average Bonchev–Trinajstić information content (AvgIpc) is 2.55. The number of carbonyl (C=O) groups is 2. The minimum absolute atomic E-state index is 0.202. The van der Waals surface area contributed by atoms with Crippen molar-refractivity contribution in [2.45, 2.75) is 13.8 Å². The van der Waals surface area contributed by atoms with Gasteiger partial charge in [-0.2, -0.15) is 5.10 Å². The molecule has 0 saturated carbocycles. The molecule has 7 nitrogen and oxygen atoms in total. The Bertz CT molecular complexity index is 726. The Morgan fingerprint density at radius 1 is 1.04 bits per heavy atom. The molecular formula is C16H16N2O5. The molecule has 2 aromatic rings. The number of esters is 2. The largest absolute Gasteiger partial charge is 0.462 e. The fourth-order valence-electron chi connectivity index (χ4n) is 1.91. The maximum absolute atomic E-state index is 12.0. The van der Waals surface area contributed by atoms with Gasteiger partial charge in [-0.05, 0) is 32.0 Å². The third kappa shape index (κ3) is 4.03. The summed E-state index contributed by atoms with van der Waals surface area (Å²) in [5, 5.41) is 3.94. The van der Waals surface area contributed by atoms with Crippen molar-refractivity contribution >= 4 is 11.9 Å². The third-order valence-corrected chi connectivity index (χ3v) is 2.89. The highest BCUT2D eigenvalue weighted by atomic mass is 16.5. The number of rotatable bonds is 5. The second kappa shape index (κ2) is 7.35. The number of ether oxygens (including phenoxy) is 2. The van der Waals surface area contributed by atoms with Crippen molar-refractivity contribution < 1.29 is 19.1 Å². The topological polar surface area (TPSA) is 87.5 Å². The Balaban J connectivity index is 2.52. The molecule has 0 bridgehead atoms. The molecule has 0 fully saturated rings. The van der Waals surface area contributed by atoms with E-state index in [0.717, 1.165) is 6.20 Å². The van der Waals surface area contributed by atoms with E-state index in [1.807, 2.05) is 0 Å². The molecule has 0 aliphatic carbocycles. The van der Waals surface area contributed by atoms with Gasteiger partial charge in [-0.1, -0.05) is 0 Å². The van der Waals surface area contributed by atoms with Crippen LogP contribution in [0.3, 0.4) is 0 Å². The molecule has 0 N–H and O–H groups in total. The number of aromatic nitrogens is 2. The van der Waals surface area contributed by atoms with Gasteiger partial charge in [0.25, 0.3) is 0 Å². The second-order valence-electron chi connectivity index (χ2n) is 4.52. The molecule has 0 radical (unpaired) electrons. The van der Waals surface area contributed by atoms with Gasteiger partial charge in [-0.15, -0.1) is 0 Å². The van der Waals surface area contributed by atoms with E-state index in [2.05, 4.69) is 5.10 Å². The first-order valence-electron chi connectivity index (χ1n) is 7.09. The molecule has 0 saturated heterocycles. The first kappa shape index (κ1) is 16.4. The van der Waals surface area contributed by atoms with Gasteiger partial charge < -0.3 is 9.47 Å². The molecular weight excluding hydrogens is 300 g/mol. The predicted molar refractivity (Wildman–Crippen MR) is 81.7 cm³/mol. The van der Waals surface area contributed by atoms with E-state index in [1.165, 1.54) is 35.1 Å². The van der Waals surface area contributed by atoms with Gasteiger partial charge in [-0.25, -0.2) is 14.3 Å². The van der Waals surface area contributed by atoms with Gasteiger partial charge in [0.15, 0.2) is 5.43 Å². The Kier molecular flexibility index (Phi) is 5.24. The van der Waals surface area contributed by atoms with Gasteiger partial charge >= 0.3 is 11.9 Å². The first-order chi connectivity index (χ1) is 11.0. The van der Waals surface area contributed by atoms with E-state index in [4.69, 9.17) is 9.47 Å². The van der Waals surface area contributed by atoms with Crippen LogP contribution in [-0.2, 0) is 9.47 Å². The SMILES string of the molecule is CCOC(=O)c1cc(C(=O)OCC)cc(-n2ccc(=O)cn2)c1. The summed E-state index contributed by atoms with van der Waals surface area (Å²) < 4.78 is 11.3. The van der Waals surface area contributed by atoms with Crippen LogP contribution in [0.4, 0.5) is 0 Å². The van der Waals surface area contributed by atoms with Crippen molar-refractivity contribution in [1.82, 2.24) is 9.78 Å². The van der Waals surface area contributed by atoms with Gasteiger partial charge in [0.2, 0.25) is 0 Å². The maximum atomic E-state index is 12.0.